The van der Waals surface area contributed by atoms with Gasteiger partial charge in [-0.25, -0.2) is 0 Å². The summed E-state index contributed by atoms with van der Waals surface area (Å²) in [5.74, 6) is 0.942. The van der Waals surface area contributed by atoms with Gasteiger partial charge in [0.15, 0.2) is 0 Å². The molecule has 2 aromatic heterocycles. The zero-order chi connectivity index (χ0) is 14.9. The number of hydrogen-bond donors (Lipinski definition) is 0. The molecule has 0 amide bonds. The number of fused-ring (bicyclic) bond motifs is 1. The molecule has 0 radical (unpaired) electrons. The fraction of sp³-hybridized carbons (Fsp3) is 0.0588. The SMILES string of the molecule is Clc1ccc(Cc2nnc3scc(-c4ccccc4)n23)cc1. The summed E-state index contributed by atoms with van der Waals surface area (Å²) < 4.78 is 2.13. The van der Waals surface area contributed by atoms with Crippen LogP contribution in [0.15, 0.2) is 60.0 Å². The highest BCUT2D eigenvalue weighted by Gasteiger charge is 2.13. The molecule has 5 heteroatoms. The molecule has 0 spiro atoms. The molecule has 0 atom stereocenters. The van der Waals surface area contributed by atoms with E-state index < -0.39 is 0 Å². The minimum Gasteiger partial charge on any atom is -0.269 e. The molecule has 3 nitrogen and oxygen atoms in total. The molecule has 2 heterocycles. The van der Waals surface area contributed by atoms with Crippen molar-refractivity contribution >= 4 is 27.9 Å². The zero-order valence-corrected chi connectivity index (χ0v) is 13.2. The summed E-state index contributed by atoms with van der Waals surface area (Å²) in [5.41, 5.74) is 3.48. The molecule has 4 rings (SSSR count). The van der Waals surface area contributed by atoms with Crippen molar-refractivity contribution in [2.75, 3.05) is 0 Å². The number of rotatable bonds is 3. The maximum atomic E-state index is 5.94. The Morgan fingerprint density at radius 3 is 2.50 bits per heavy atom. The Labute approximate surface area is 136 Å². The molecule has 0 unspecified atom stereocenters. The van der Waals surface area contributed by atoms with Crippen LogP contribution in [0.3, 0.4) is 0 Å². The fourth-order valence-corrected chi connectivity index (χ4v) is 3.47. The van der Waals surface area contributed by atoms with Crippen LogP contribution in [0.4, 0.5) is 0 Å². The quantitative estimate of drug-likeness (QED) is 0.546. The number of halogens is 1. The lowest BCUT2D eigenvalue weighted by Crippen LogP contribution is -1.97. The van der Waals surface area contributed by atoms with Crippen LogP contribution in [0.2, 0.25) is 5.02 Å². The van der Waals surface area contributed by atoms with Crippen LogP contribution in [-0.2, 0) is 6.42 Å². The van der Waals surface area contributed by atoms with E-state index in [9.17, 15) is 0 Å². The summed E-state index contributed by atoms with van der Waals surface area (Å²) in [7, 11) is 0. The van der Waals surface area contributed by atoms with Gasteiger partial charge in [0.05, 0.1) is 5.69 Å². The average Bonchev–Trinajstić information content (AvgIpc) is 3.13. The van der Waals surface area contributed by atoms with Gasteiger partial charge in [-0.1, -0.05) is 54.1 Å². The van der Waals surface area contributed by atoms with Gasteiger partial charge in [0.25, 0.3) is 0 Å². The molecule has 0 saturated carbocycles. The fourth-order valence-electron chi connectivity index (χ4n) is 2.49. The van der Waals surface area contributed by atoms with E-state index >= 15 is 0 Å². The van der Waals surface area contributed by atoms with Crippen molar-refractivity contribution in [3.63, 3.8) is 0 Å². The summed E-state index contributed by atoms with van der Waals surface area (Å²) >= 11 is 7.56. The minimum atomic E-state index is 0.731. The van der Waals surface area contributed by atoms with Crippen molar-refractivity contribution < 1.29 is 0 Å². The van der Waals surface area contributed by atoms with Gasteiger partial charge in [-0.15, -0.1) is 21.5 Å². The first-order chi connectivity index (χ1) is 10.8. The van der Waals surface area contributed by atoms with Gasteiger partial charge < -0.3 is 0 Å². The molecule has 108 valence electrons. The second kappa shape index (κ2) is 5.55. The first-order valence-electron chi connectivity index (χ1n) is 6.92. The number of thiazole rings is 1. The van der Waals surface area contributed by atoms with Crippen LogP contribution in [0.1, 0.15) is 11.4 Å². The lowest BCUT2D eigenvalue weighted by atomic mass is 10.1. The standard InChI is InChI=1S/C17H12ClN3S/c18-14-8-6-12(7-9-14)10-16-19-20-17-21(16)15(11-22-17)13-4-2-1-3-5-13/h1-9,11H,10H2. The van der Waals surface area contributed by atoms with Gasteiger partial charge in [-0.05, 0) is 23.3 Å². The maximum absolute atomic E-state index is 5.94. The van der Waals surface area contributed by atoms with Crippen molar-refractivity contribution in [3.05, 3.63) is 76.4 Å². The highest BCUT2D eigenvalue weighted by molar-refractivity contribution is 7.15. The first kappa shape index (κ1) is 13.5. The van der Waals surface area contributed by atoms with Crippen LogP contribution in [0, 0.1) is 0 Å². The largest absolute Gasteiger partial charge is 0.269 e. The van der Waals surface area contributed by atoms with Gasteiger partial charge in [0, 0.05) is 16.8 Å². The van der Waals surface area contributed by atoms with Gasteiger partial charge in [0.1, 0.15) is 5.82 Å². The Morgan fingerprint density at radius 1 is 0.955 bits per heavy atom. The van der Waals surface area contributed by atoms with E-state index in [0.717, 1.165) is 27.9 Å². The van der Waals surface area contributed by atoms with E-state index in [2.05, 4.69) is 32.1 Å². The summed E-state index contributed by atoms with van der Waals surface area (Å²) in [6.45, 7) is 0. The van der Waals surface area contributed by atoms with Crippen molar-refractivity contribution in [2.45, 2.75) is 6.42 Å². The molecule has 0 aliphatic heterocycles. The Bertz CT molecular complexity index is 910. The Balaban J connectivity index is 1.79. The molecule has 2 aromatic carbocycles. The molecule has 0 fully saturated rings. The summed E-state index contributed by atoms with van der Waals surface area (Å²) in [6.07, 6.45) is 0.731. The van der Waals surface area contributed by atoms with E-state index in [-0.39, 0.29) is 0 Å². The van der Waals surface area contributed by atoms with Crippen LogP contribution in [0.5, 0.6) is 0 Å². The molecule has 22 heavy (non-hydrogen) atoms. The lowest BCUT2D eigenvalue weighted by Gasteiger charge is -2.03. The van der Waals surface area contributed by atoms with E-state index in [4.69, 9.17) is 11.6 Å². The van der Waals surface area contributed by atoms with Crippen molar-refractivity contribution in [3.8, 4) is 11.3 Å². The predicted octanol–water partition coefficient (Wildman–Crippen LogP) is 4.70. The highest BCUT2D eigenvalue weighted by Crippen LogP contribution is 2.27. The van der Waals surface area contributed by atoms with Gasteiger partial charge in [-0.3, -0.25) is 4.40 Å². The normalized spacial score (nSPS) is 11.1. The van der Waals surface area contributed by atoms with Crippen LogP contribution >= 0.6 is 22.9 Å². The molecule has 4 aromatic rings. The number of nitrogens with zero attached hydrogens (tertiary/aromatic N) is 3. The average molecular weight is 326 g/mol. The van der Waals surface area contributed by atoms with Crippen LogP contribution in [-0.4, -0.2) is 14.6 Å². The smallest absolute Gasteiger partial charge is 0.216 e. The molecule has 0 bridgehead atoms. The molecule has 0 aliphatic rings. The van der Waals surface area contributed by atoms with Crippen LogP contribution in [0.25, 0.3) is 16.2 Å². The summed E-state index contributed by atoms with van der Waals surface area (Å²) in [4.78, 5) is 0.919. The third-order valence-corrected chi connectivity index (χ3v) is 4.63. The monoisotopic (exact) mass is 325 g/mol. The number of benzene rings is 2. The topological polar surface area (TPSA) is 30.2 Å². The Morgan fingerprint density at radius 2 is 1.73 bits per heavy atom. The van der Waals surface area contributed by atoms with E-state index in [0.29, 0.717) is 0 Å². The van der Waals surface area contributed by atoms with Crippen molar-refractivity contribution in [2.24, 2.45) is 0 Å². The Kier molecular flexibility index (Phi) is 3.41. The third-order valence-electron chi connectivity index (χ3n) is 3.56. The highest BCUT2D eigenvalue weighted by atomic mass is 35.5. The first-order valence-corrected chi connectivity index (χ1v) is 8.18. The van der Waals surface area contributed by atoms with Gasteiger partial charge in [-0.2, -0.15) is 0 Å². The molecule has 0 saturated heterocycles. The number of aromatic nitrogens is 3. The second-order valence-electron chi connectivity index (χ2n) is 5.02. The predicted molar refractivity (Wildman–Crippen MR) is 90.6 cm³/mol. The molecule has 0 N–H and O–H groups in total. The van der Waals surface area contributed by atoms with Gasteiger partial charge >= 0.3 is 0 Å². The van der Waals surface area contributed by atoms with E-state index in [1.165, 1.54) is 11.1 Å². The second-order valence-corrected chi connectivity index (χ2v) is 6.30. The lowest BCUT2D eigenvalue weighted by molar-refractivity contribution is 0.939. The molecular formula is C17H12ClN3S. The third kappa shape index (κ3) is 2.40. The summed E-state index contributed by atoms with van der Waals surface area (Å²) in [6, 6.07) is 18.2. The van der Waals surface area contributed by atoms with E-state index in [1.54, 1.807) is 11.3 Å². The maximum Gasteiger partial charge on any atom is 0.216 e. The van der Waals surface area contributed by atoms with Crippen molar-refractivity contribution in [1.29, 1.82) is 0 Å². The number of hydrogen-bond acceptors (Lipinski definition) is 3. The van der Waals surface area contributed by atoms with Crippen molar-refractivity contribution in [1.82, 2.24) is 14.6 Å². The minimum absolute atomic E-state index is 0.731. The van der Waals surface area contributed by atoms with Crippen LogP contribution < -0.4 is 0 Å². The molecule has 0 aliphatic carbocycles. The molecular weight excluding hydrogens is 314 g/mol. The Hall–Kier alpha value is -2.17. The van der Waals surface area contributed by atoms with E-state index in [1.807, 2.05) is 42.5 Å². The van der Waals surface area contributed by atoms with Gasteiger partial charge in [0.2, 0.25) is 4.96 Å². The zero-order valence-electron chi connectivity index (χ0n) is 11.6. The summed E-state index contributed by atoms with van der Waals surface area (Å²) in [5, 5.41) is 11.5.